The number of aliphatic imine (C=N–C) groups is 1. The Morgan fingerprint density at radius 1 is 1.47 bits per heavy atom. The fourth-order valence-corrected chi connectivity index (χ4v) is 1.52. The molecule has 0 aliphatic rings. The van der Waals surface area contributed by atoms with Crippen molar-refractivity contribution in [2.24, 2.45) is 10.7 Å². The second-order valence-corrected chi connectivity index (χ2v) is 5.04. The van der Waals surface area contributed by atoms with Gasteiger partial charge in [0.25, 0.3) is 0 Å². The Morgan fingerprint density at radius 2 is 2.18 bits per heavy atom. The van der Waals surface area contributed by atoms with Gasteiger partial charge in [0.1, 0.15) is 0 Å². The summed E-state index contributed by atoms with van der Waals surface area (Å²) in [6, 6.07) is 4.02. The number of aromatic nitrogens is 1. The van der Waals surface area contributed by atoms with E-state index in [1.54, 1.807) is 6.20 Å². The Labute approximate surface area is 103 Å². The van der Waals surface area contributed by atoms with E-state index in [0.29, 0.717) is 12.5 Å². The highest BCUT2D eigenvalue weighted by atomic mass is 15.1. The van der Waals surface area contributed by atoms with Gasteiger partial charge in [0, 0.05) is 11.7 Å². The van der Waals surface area contributed by atoms with Gasteiger partial charge in [-0.2, -0.15) is 0 Å². The minimum atomic E-state index is -0.0642. The van der Waals surface area contributed by atoms with Gasteiger partial charge in [-0.05, 0) is 38.8 Å². The Morgan fingerprint density at radius 3 is 2.76 bits per heavy atom. The third-order valence-corrected chi connectivity index (χ3v) is 2.27. The molecule has 0 aromatic carbocycles. The highest BCUT2D eigenvalue weighted by Crippen LogP contribution is 2.07. The third-order valence-electron chi connectivity index (χ3n) is 2.27. The molecular formula is C13H22N4. The monoisotopic (exact) mass is 234 g/mol. The molecule has 1 heterocycles. The third kappa shape index (κ3) is 4.85. The maximum Gasteiger partial charge on any atom is 0.189 e. The molecule has 0 aliphatic heterocycles. The van der Waals surface area contributed by atoms with Gasteiger partial charge in [-0.15, -0.1) is 0 Å². The molecule has 0 amide bonds. The van der Waals surface area contributed by atoms with Gasteiger partial charge in [-0.3, -0.25) is 4.98 Å². The summed E-state index contributed by atoms with van der Waals surface area (Å²) in [6.45, 7) is 8.79. The van der Waals surface area contributed by atoms with Crippen LogP contribution in [0, 0.1) is 0 Å². The van der Waals surface area contributed by atoms with Crippen molar-refractivity contribution in [2.45, 2.75) is 46.2 Å². The summed E-state index contributed by atoms with van der Waals surface area (Å²) in [6.07, 6.45) is 2.75. The predicted molar refractivity (Wildman–Crippen MR) is 71.8 cm³/mol. The molecule has 0 saturated heterocycles. The average molecular weight is 234 g/mol. The van der Waals surface area contributed by atoms with E-state index in [4.69, 9.17) is 5.73 Å². The van der Waals surface area contributed by atoms with Crippen LogP contribution in [0.4, 0.5) is 0 Å². The summed E-state index contributed by atoms with van der Waals surface area (Å²) in [5.74, 6) is 0.463. The lowest BCUT2D eigenvalue weighted by Crippen LogP contribution is -2.45. The summed E-state index contributed by atoms with van der Waals surface area (Å²) < 4.78 is 0. The molecule has 0 aliphatic carbocycles. The van der Waals surface area contributed by atoms with Gasteiger partial charge in [-0.25, -0.2) is 4.99 Å². The van der Waals surface area contributed by atoms with Crippen molar-refractivity contribution in [3.8, 4) is 0 Å². The second-order valence-electron chi connectivity index (χ2n) is 5.04. The number of guanidine groups is 1. The number of aryl methyl sites for hydroxylation is 1. The first-order valence-corrected chi connectivity index (χ1v) is 5.93. The van der Waals surface area contributed by atoms with Crippen LogP contribution in [0.3, 0.4) is 0 Å². The lowest BCUT2D eigenvalue weighted by Gasteiger charge is -2.21. The topological polar surface area (TPSA) is 63.3 Å². The minimum absolute atomic E-state index is 0.0642. The number of nitrogens with two attached hydrogens (primary N) is 1. The first kappa shape index (κ1) is 13.5. The second kappa shape index (κ2) is 5.66. The molecule has 1 aromatic heterocycles. The number of nitrogens with one attached hydrogen (secondary N) is 1. The first-order valence-electron chi connectivity index (χ1n) is 5.93. The van der Waals surface area contributed by atoms with Crippen molar-refractivity contribution in [3.63, 3.8) is 0 Å². The molecule has 0 unspecified atom stereocenters. The smallest absolute Gasteiger partial charge is 0.189 e. The molecule has 1 aromatic rings. The van der Waals surface area contributed by atoms with Gasteiger partial charge in [-0.1, -0.05) is 13.0 Å². The maximum atomic E-state index is 5.81. The van der Waals surface area contributed by atoms with Gasteiger partial charge < -0.3 is 11.1 Å². The van der Waals surface area contributed by atoms with Crippen LogP contribution >= 0.6 is 0 Å². The lowest BCUT2D eigenvalue weighted by molar-refractivity contribution is 0.508. The average Bonchev–Trinajstić information content (AvgIpc) is 2.24. The van der Waals surface area contributed by atoms with Gasteiger partial charge in [0.2, 0.25) is 0 Å². The fourth-order valence-electron chi connectivity index (χ4n) is 1.52. The molecule has 1 rings (SSSR count). The van der Waals surface area contributed by atoms with Crippen LogP contribution in [0.5, 0.6) is 0 Å². The van der Waals surface area contributed by atoms with Crippen LogP contribution in [0.15, 0.2) is 23.3 Å². The predicted octanol–water partition coefficient (Wildman–Crippen LogP) is 1.85. The molecule has 3 N–H and O–H groups in total. The van der Waals surface area contributed by atoms with Crippen molar-refractivity contribution in [2.75, 3.05) is 0 Å². The molecule has 4 nitrogen and oxygen atoms in total. The SMILES string of the molecule is CCc1cccnc1CN=C(N)NC(C)(C)C. The van der Waals surface area contributed by atoms with E-state index in [1.807, 2.05) is 26.8 Å². The normalized spacial score (nSPS) is 12.6. The van der Waals surface area contributed by atoms with E-state index in [2.05, 4.69) is 28.3 Å². The van der Waals surface area contributed by atoms with Crippen molar-refractivity contribution in [1.29, 1.82) is 0 Å². The number of rotatable bonds is 3. The summed E-state index contributed by atoms with van der Waals surface area (Å²) in [5, 5.41) is 3.13. The maximum absolute atomic E-state index is 5.81. The van der Waals surface area contributed by atoms with Crippen LogP contribution in [-0.4, -0.2) is 16.5 Å². The summed E-state index contributed by atoms with van der Waals surface area (Å²) in [5.41, 5.74) is 7.96. The molecule has 0 saturated carbocycles. The highest BCUT2D eigenvalue weighted by Gasteiger charge is 2.09. The summed E-state index contributed by atoms with van der Waals surface area (Å²) >= 11 is 0. The van der Waals surface area contributed by atoms with Crippen LogP contribution in [0.2, 0.25) is 0 Å². The Hall–Kier alpha value is -1.58. The Balaban J connectivity index is 2.69. The molecule has 0 radical (unpaired) electrons. The van der Waals surface area contributed by atoms with Gasteiger partial charge in [0.05, 0.1) is 12.2 Å². The van der Waals surface area contributed by atoms with Crippen LogP contribution in [0.25, 0.3) is 0 Å². The first-order chi connectivity index (χ1) is 7.92. The lowest BCUT2D eigenvalue weighted by atomic mass is 10.1. The summed E-state index contributed by atoms with van der Waals surface area (Å²) in [7, 11) is 0. The molecule has 0 fully saturated rings. The quantitative estimate of drug-likeness (QED) is 0.619. The highest BCUT2D eigenvalue weighted by molar-refractivity contribution is 5.78. The van der Waals surface area contributed by atoms with Crippen LogP contribution in [-0.2, 0) is 13.0 Å². The van der Waals surface area contributed by atoms with E-state index in [1.165, 1.54) is 5.56 Å². The summed E-state index contributed by atoms with van der Waals surface area (Å²) in [4.78, 5) is 8.64. The number of hydrogen-bond acceptors (Lipinski definition) is 2. The largest absolute Gasteiger partial charge is 0.370 e. The zero-order valence-electron chi connectivity index (χ0n) is 11.1. The minimum Gasteiger partial charge on any atom is -0.370 e. The van der Waals surface area contributed by atoms with E-state index in [9.17, 15) is 0 Å². The van der Waals surface area contributed by atoms with Gasteiger partial charge >= 0.3 is 0 Å². The van der Waals surface area contributed by atoms with Crippen molar-refractivity contribution < 1.29 is 0 Å². The molecule has 94 valence electrons. The standard InChI is InChI=1S/C13H22N4/c1-5-10-7-6-8-15-11(10)9-16-12(14)17-13(2,3)4/h6-8H,5,9H2,1-4H3,(H3,14,16,17). The zero-order chi connectivity index (χ0) is 12.9. The Bertz CT molecular complexity index is 391. The molecule has 4 heteroatoms. The van der Waals surface area contributed by atoms with E-state index < -0.39 is 0 Å². The number of hydrogen-bond donors (Lipinski definition) is 2. The van der Waals surface area contributed by atoms with Crippen LogP contribution in [0.1, 0.15) is 39.0 Å². The molecule has 0 spiro atoms. The zero-order valence-corrected chi connectivity index (χ0v) is 11.1. The molecule has 0 atom stereocenters. The number of nitrogens with zero attached hydrogens (tertiary/aromatic N) is 2. The number of pyridine rings is 1. The van der Waals surface area contributed by atoms with E-state index >= 15 is 0 Å². The van der Waals surface area contributed by atoms with Crippen molar-refractivity contribution in [3.05, 3.63) is 29.6 Å². The molecule has 17 heavy (non-hydrogen) atoms. The van der Waals surface area contributed by atoms with Crippen LogP contribution < -0.4 is 11.1 Å². The molecule has 0 bridgehead atoms. The van der Waals surface area contributed by atoms with Gasteiger partial charge in [0.15, 0.2) is 5.96 Å². The van der Waals surface area contributed by atoms with E-state index in [-0.39, 0.29) is 5.54 Å². The van der Waals surface area contributed by atoms with Crippen molar-refractivity contribution >= 4 is 5.96 Å². The van der Waals surface area contributed by atoms with Crippen molar-refractivity contribution in [1.82, 2.24) is 10.3 Å². The Kier molecular flexibility index (Phi) is 4.49. The van der Waals surface area contributed by atoms with E-state index in [0.717, 1.165) is 12.1 Å². The molecular weight excluding hydrogens is 212 g/mol. The fraction of sp³-hybridized carbons (Fsp3) is 0.538.